The molecule has 1 heterocycles. The second-order valence-electron chi connectivity index (χ2n) is 7.84. The largest absolute Gasteiger partial charge is 0.497 e. The van der Waals surface area contributed by atoms with Crippen molar-refractivity contribution >= 4 is 46.2 Å². The Labute approximate surface area is 224 Å². The lowest BCUT2D eigenvalue weighted by atomic mass is 10.1. The Balaban J connectivity index is 1.59. The van der Waals surface area contributed by atoms with Crippen molar-refractivity contribution in [2.75, 3.05) is 20.8 Å². The molecule has 0 N–H and O–H groups in total. The molecule has 0 unspecified atom stereocenters. The van der Waals surface area contributed by atoms with Gasteiger partial charge in [-0.15, -0.1) is 0 Å². The average molecular weight is 534 g/mol. The Morgan fingerprint density at radius 3 is 2.54 bits per heavy atom. The van der Waals surface area contributed by atoms with E-state index in [4.69, 9.17) is 25.8 Å². The van der Waals surface area contributed by atoms with Crippen molar-refractivity contribution in [3.05, 3.63) is 87.3 Å². The molecule has 1 amide bonds. The van der Waals surface area contributed by atoms with Crippen molar-refractivity contribution in [3.63, 3.8) is 0 Å². The normalized spacial score (nSPS) is 15.2. The number of likely N-dealkylation sites (N-methyl/N-ethyl adjacent to an activating group) is 1. The molecule has 0 atom stereocenters. The van der Waals surface area contributed by atoms with Gasteiger partial charge in [0.25, 0.3) is 5.91 Å². The van der Waals surface area contributed by atoms with Crippen molar-refractivity contribution < 1.29 is 19.0 Å². The number of amides is 1. The lowest BCUT2D eigenvalue weighted by Gasteiger charge is -2.14. The van der Waals surface area contributed by atoms with Gasteiger partial charge in [0.15, 0.2) is 16.7 Å². The zero-order valence-electron chi connectivity index (χ0n) is 20.5. The molecule has 0 saturated carbocycles. The molecule has 37 heavy (non-hydrogen) atoms. The van der Waals surface area contributed by atoms with Crippen LogP contribution in [-0.4, -0.2) is 36.7 Å². The number of thioether (sulfide) groups is 1. The lowest BCUT2D eigenvalue weighted by Crippen LogP contribution is -2.28. The number of aliphatic imine (C=N–C) groups is 1. The van der Waals surface area contributed by atoms with Crippen molar-refractivity contribution in [1.82, 2.24) is 4.90 Å². The highest BCUT2D eigenvalue weighted by atomic mass is 35.5. The number of halogens is 1. The van der Waals surface area contributed by atoms with Gasteiger partial charge < -0.3 is 14.2 Å². The van der Waals surface area contributed by atoms with Gasteiger partial charge in [0.05, 0.1) is 41.5 Å². The molecule has 3 aromatic rings. The first kappa shape index (κ1) is 26.1. The predicted molar refractivity (Wildman–Crippen MR) is 147 cm³/mol. The first-order valence-corrected chi connectivity index (χ1v) is 12.6. The summed E-state index contributed by atoms with van der Waals surface area (Å²) in [5.41, 5.74) is 2.68. The van der Waals surface area contributed by atoms with Gasteiger partial charge >= 0.3 is 0 Å². The van der Waals surface area contributed by atoms with E-state index in [1.165, 1.54) is 18.9 Å². The number of methoxy groups -OCH3 is 2. The van der Waals surface area contributed by atoms with E-state index in [0.29, 0.717) is 44.3 Å². The topological polar surface area (TPSA) is 84.2 Å². The minimum absolute atomic E-state index is 0.136. The van der Waals surface area contributed by atoms with Crippen molar-refractivity contribution in [2.45, 2.75) is 13.5 Å². The molecular weight excluding hydrogens is 510 g/mol. The molecule has 9 heteroatoms. The summed E-state index contributed by atoms with van der Waals surface area (Å²) in [5, 5.41) is 10.2. The summed E-state index contributed by atoms with van der Waals surface area (Å²) in [4.78, 5) is 19.9. The van der Waals surface area contributed by atoms with Crippen LogP contribution in [0, 0.1) is 11.3 Å². The molecule has 7 nitrogen and oxygen atoms in total. The number of hydrogen-bond acceptors (Lipinski definition) is 7. The van der Waals surface area contributed by atoms with Gasteiger partial charge in [-0.05, 0) is 72.8 Å². The number of ether oxygens (including phenoxy) is 3. The number of benzene rings is 3. The number of rotatable bonds is 8. The number of nitrogens with zero attached hydrogens (tertiary/aromatic N) is 3. The van der Waals surface area contributed by atoms with Crippen LogP contribution in [-0.2, 0) is 11.4 Å². The summed E-state index contributed by atoms with van der Waals surface area (Å²) in [7, 11) is 3.13. The molecule has 1 fully saturated rings. The highest BCUT2D eigenvalue weighted by Gasteiger charge is 2.32. The molecule has 4 rings (SSSR count). The lowest BCUT2D eigenvalue weighted by molar-refractivity contribution is -0.122. The number of hydrogen-bond donors (Lipinski definition) is 0. The highest BCUT2D eigenvalue weighted by Crippen LogP contribution is 2.40. The maximum Gasteiger partial charge on any atom is 0.266 e. The Morgan fingerprint density at radius 2 is 1.86 bits per heavy atom. The van der Waals surface area contributed by atoms with Crippen LogP contribution in [0.5, 0.6) is 17.2 Å². The van der Waals surface area contributed by atoms with Gasteiger partial charge in [-0.3, -0.25) is 9.69 Å². The van der Waals surface area contributed by atoms with E-state index in [1.54, 1.807) is 42.4 Å². The SMILES string of the molecule is CCN1C(=O)/C(=C\c2cc(Cl)c(OCc3ccccc3C#N)c(OC)c2)SC1=Nc1ccc(OC)cc1. The highest BCUT2D eigenvalue weighted by molar-refractivity contribution is 8.18. The number of carbonyl (C=O) groups excluding carboxylic acids is 1. The van der Waals surface area contributed by atoms with Crippen LogP contribution in [0.4, 0.5) is 5.69 Å². The molecule has 1 aliphatic heterocycles. The number of amidine groups is 1. The Kier molecular flexibility index (Phi) is 8.39. The summed E-state index contributed by atoms with van der Waals surface area (Å²) in [6, 6.07) is 20.1. The molecule has 0 spiro atoms. The van der Waals surface area contributed by atoms with Gasteiger partial charge in [-0.1, -0.05) is 29.8 Å². The second kappa shape index (κ2) is 11.9. The molecular formula is C28H24ClN3O4S. The quantitative estimate of drug-likeness (QED) is 0.310. The molecule has 1 saturated heterocycles. The Bertz CT molecular complexity index is 1410. The first-order chi connectivity index (χ1) is 18.0. The van der Waals surface area contributed by atoms with Gasteiger partial charge in [0.1, 0.15) is 12.4 Å². The summed E-state index contributed by atoms with van der Waals surface area (Å²) < 4.78 is 16.7. The second-order valence-corrected chi connectivity index (χ2v) is 9.26. The van der Waals surface area contributed by atoms with Crippen LogP contribution in [0.15, 0.2) is 70.6 Å². The molecule has 1 aliphatic rings. The minimum atomic E-state index is -0.136. The van der Waals surface area contributed by atoms with Gasteiger partial charge in [-0.25, -0.2) is 4.99 Å². The molecule has 0 aromatic heterocycles. The smallest absolute Gasteiger partial charge is 0.266 e. The number of carbonyl (C=O) groups is 1. The van der Waals surface area contributed by atoms with Crippen LogP contribution < -0.4 is 14.2 Å². The summed E-state index contributed by atoms with van der Waals surface area (Å²) in [6.45, 7) is 2.55. The van der Waals surface area contributed by atoms with E-state index in [0.717, 1.165) is 17.0 Å². The molecule has 0 bridgehead atoms. The number of nitriles is 1. The van der Waals surface area contributed by atoms with E-state index in [-0.39, 0.29) is 12.5 Å². The van der Waals surface area contributed by atoms with Gasteiger partial charge in [-0.2, -0.15) is 5.26 Å². The predicted octanol–water partition coefficient (Wildman–Crippen LogP) is 6.43. The fourth-order valence-electron chi connectivity index (χ4n) is 3.66. The van der Waals surface area contributed by atoms with Crippen molar-refractivity contribution in [3.8, 4) is 23.3 Å². The van der Waals surface area contributed by atoms with Crippen LogP contribution in [0.25, 0.3) is 6.08 Å². The van der Waals surface area contributed by atoms with E-state index < -0.39 is 0 Å². The maximum atomic E-state index is 13.1. The maximum absolute atomic E-state index is 13.1. The Morgan fingerprint density at radius 1 is 1.11 bits per heavy atom. The summed E-state index contributed by atoms with van der Waals surface area (Å²) in [6.07, 6.45) is 1.76. The zero-order chi connectivity index (χ0) is 26.4. The van der Waals surface area contributed by atoms with Gasteiger partial charge in [0.2, 0.25) is 0 Å². The Hall–Kier alpha value is -3.93. The van der Waals surface area contributed by atoms with Crippen LogP contribution in [0.3, 0.4) is 0 Å². The fraction of sp³-hybridized carbons (Fsp3) is 0.179. The van der Waals surface area contributed by atoms with E-state index in [9.17, 15) is 10.1 Å². The standard InChI is InChI=1S/C28H24ClN3O4S/c1-4-32-27(33)25(37-28(32)31-21-9-11-22(34-2)12-10-21)15-18-13-23(29)26(24(14-18)35-3)36-17-20-8-6-5-7-19(20)16-30/h5-15H,4,17H2,1-3H3/b25-15+,31-28?. The van der Waals surface area contributed by atoms with E-state index >= 15 is 0 Å². The molecule has 188 valence electrons. The minimum Gasteiger partial charge on any atom is -0.497 e. The monoisotopic (exact) mass is 533 g/mol. The van der Waals surface area contributed by atoms with Crippen molar-refractivity contribution in [1.29, 1.82) is 5.26 Å². The molecule has 3 aromatic carbocycles. The van der Waals surface area contributed by atoms with Crippen LogP contribution in [0.1, 0.15) is 23.6 Å². The third-order valence-corrected chi connectivity index (χ3v) is 6.85. The summed E-state index contributed by atoms with van der Waals surface area (Å²) >= 11 is 7.85. The average Bonchev–Trinajstić information content (AvgIpc) is 3.21. The zero-order valence-corrected chi connectivity index (χ0v) is 22.1. The van der Waals surface area contributed by atoms with Crippen molar-refractivity contribution in [2.24, 2.45) is 4.99 Å². The van der Waals surface area contributed by atoms with Gasteiger partial charge in [0, 0.05) is 12.1 Å². The first-order valence-electron chi connectivity index (χ1n) is 11.4. The third-order valence-electron chi connectivity index (χ3n) is 5.56. The van der Waals surface area contributed by atoms with Crippen LogP contribution >= 0.6 is 23.4 Å². The van der Waals surface area contributed by atoms with Crippen LogP contribution in [0.2, 0.25) is 5.02 Å². The summed E-state index contributed by atoms with van der Waals surface area (Å²) in [5.74, 6) is 1.38. The molecule has 0 aliphatic carbocycles. The third kappa shape index (κ3) is 5.91. The van der Waals surface area contributed by atoms with E-state index in [1.807, 2.05) is 43.3 Å². The molecule has 0 radical (unpaired) electrons. The fourth-order valence-corrected chi connectivity index (χ4v) is 4.99. The van der Waals surface area contributed by atoms with E-state index in [2.05, 4.69) is 11.1 Å².